The van der Waals surface area contributed by atoms with E-state index in [4.69, 9.17) is 10.5 Å². The quantitative estimate of drug-likeness (QED) is 0.0972. The summed E-state index contributed by atoms with van der Waals surface area (Å²) in [4.78, 5) is 0. The average Bonchev–Trinajstić information content (AvgIpc) is 2.63. The topological polar surface area (TPSA) is 47.6 Å². The monoisotopic (exact) mass is 762 g/mol. The summed E-state index contributed by atoms with van der Waals surface area (Å²) in [5.41, 5.74) is 0. The molecule has 0 aromatic rings. The fourth-order valence-corrected chi connectivity index (χ4v) is 2.23. The summed E-state index contributed by atoms with van der Waals surface area (Å²) >= 11 is -1.87. The van der Waals surface area contributed by atoms with E-state index in [2.05, 4.69) is 0 Å². The Bertz CT molecular complexity index is 694. The highest BCUT2D eigenvalue weighted by molar-refractivity contribution is 14.1. The van der Waals surface area contributed by atoms with Gasteiger partial charge in [-0.25, -0.2) is 0 Å². The number of hydrogen-bond acceptors (Lipinski definition) is 2. The fraction of sp³-hybridized carbons (Fsp3) is 0.857. The lowest BCUT2D eigenvalue weighted by atomic mass is 9.91. The van der Waals surface area contributed by atoms with Gasteiger partial charge in [-0.1, -0.05) is 0 Å². The summed E-state index contributed by atoms with van der Waals surface area (Å²) in [5, 5.41) is 16.1. The van der Waals surface area contributed by atoms with Crippen LogP contribution >= 0.6 is 45.2 Å². The van der Waals surface area contributed by atoms with Crippen LogP contribution in [0, 0.1) is 22.7 Å². The molecule has 20 heteroatoms. The van der Waals surface area contributed by atoms with Crippen molar-refractivity contribution >= 4 is 45.2 Å². The Morgan fingerprint density at radius 1 is 0.412 bits per heavy atom. The molecule has 0 spiro atoms. The standard InChI is InChI=1S/C8F16I2.C6H8N2/c9-1(10,3(13,14)5(17,18)7(21,22)25)2(11,12)4(15,16)6(19,20)8(23,24)26;7-5-3-1-2-4-6-8/h;1-4H2. The largest absolute Gasteiger partial charge is 0.387 e. The van der Waals surface area contributed by atoms with Crippen LogP contribution in [0.5, 0.6) is 0 Å². The highest BCUT2D eigenvalue weighted by Crippen LogP contribution is 2.64. The van der Waals surface area contributed by atoms with E-state index in [0.717, 1.165) is 12.8 Å². The molecule has 0 amide bonds. The molecule has 0 fully saturated rings. The van der Waals surface area contributed by atoms with Gasteiger partial charge in [-0.2, -0.15) is 80.8 Å². The van der Waals surface area contributed by atoms with Crippen molar-refractivity contribution in [2.24, 2.45) is 0 Å². The zero-order valence-corrected chi connectivity index (χ0v) is 19.8. The molecule has 0 N–H and O–H groups in total. The van der Waals surface area contributed by atoms with E-state index < -0.39 is 88.6 Å². The number of halogens is 18. The van der Waals surface area contributed by atoms with Gasteiger partial charge in [0, 0.05) is 58.0 Å². The van der Waals surface area contributed by atoms with Gasteiger partial charge in [-0.05, 0) is 12.8 Å². The van der Waals surface area contributed by atoms with Crippen LogP contribution in [0.15, 0.2) is 0 Å². The van der Waals surface area contributed by atoms with Gasteiger partial charge in [-0.3, -0.25) is 0 Å². The summed E-state index contributed by atoms with van der Waals surface area (Å²) in [5.74, 6) is -47.8. The van der Waals surface area contributed by atoms with E-state index in [1.54, 1.807) is 0 Å². The number of hydrogen-bond donors (Lipinski definition) is 0. The minimum atomic E-state index is -8.33. The van der Waals surface area contributed by atoms with Gasteiger partial charge in [0.15, 0.2) is 0 Å². The van der Waals surface area contributed by atoms with E-state index in [9.17, 15) is 70.2 Å². The smallest absolute Gasteiger partial charge is 0.198 e. The van der Waals surface area contributed by atoms with E-state index in [1.165, 1.54) is 0 Å². The lowest BCUT2D eigenvalue weighted by Gasteiger charge is -2.42. The van der Waals surface area contributed by atoms with Crippen molar-refractivity contribution < 1.29 is 70.2 Å². The van der Waals surface area contributed by atoms with Gasteiger partial charge in [0.05, 0.1) is 12.1 Å². The Balaban J connectivity index is 0. The number of alkyl halides is 18. The Morgan fingerprint density at radius 2 is 0.588 bits per heavy atom. The average molecular weight is 762 g/mol. The molecule has 2 nitrogen and oxygen atoms in total. The van der Waals surface area contributed by atoms with Crippen molar-refractivity contribution in [3.63, 3.8) is 0 Å². The second-order valence-electron chi connectivity index (χ2n) is 5.97. The Morgan fingerprint density at radius 3 is 0.735 bits per heavy atom. The summed E-state index contributed by atoms with van der Waals surface area (Å²) in [6, 6.07) is 4.03. The van der Waals surface area contributed by atoms with Crippen molar-refractivity contribution in [2.45, 2.75) is 69.1 Å². The van der Waals surface area contributed by atoms with Gasteiger partial charge in [0.1, 0.15) is 0 Å². The van der Waals surface area contributed by atoms with Crippen LogP contribution in [0.2, 0.25) is 0 Å². The molecular formula is C14H8F16I2N2. The summed E-state index contributed by atoms with van der Waals surface area (Å²) in [6.07, 6.45) is 2.90. The van der Waals surface area contributed by atoms with Crippen LogP contribution < -0.4 is 0 Å². The van der Waals surface area contributed by atoms with E-state index in [-0.39, 0.29) is 0 Å². The summed E-state index contributed by atoms with van der Waals surface area (Å²) in [7, 11) is 0. The van der Waals surface area contributed by atoms with Crippen LogP contribution in [0.4, 0.5) is 70.2 Å². The van der Waals surface area contributed by atoms with Crippen LogP contribution in [-0.4, -0.2) is 43.4 Å². The molecule has 0 saturated carbocycles. The fourth-order valence-electron chi connectivity index (χ4n) is 1.55. The maximum atomic E-state index is 13.0. The zero-order chi connectivity index (χ0) is 28.2. The van der Waals surface area contributed by atoms with Crippen LogP contribution in [0.1, 0.15) is 25.7 Å². The van der Waals surface area contributed by atoms with Crippen molar-refractivity contribution in [3.05, 3.63) is 0 Å². The van der Waals surface area contributed by atoms with Gasteiger partial charge in [0.25, 0.3) is 0 Å². The normalized spacial score (nSPS) is 14.6. The molecule has 0 atom stereocenters. The predicted molar refractivity (Wildman–Crippen MR) is 97.3 cm³/mol. The zero-order valence-electron chi connectivity index (χ0n) is 15.5. The Kier molecular flexibility index (Phi) is 11.6. The minimum Gasteiger partial charge on any atom is -0.198 e. The molecule has 0 unspecified atom stereocenters. The molecule has 0 bridgehead atoms. The van der Waals surface area contributed by atoms with Crippen molar-refractivity contribution in [1.82, 2.24) is 0 Å². The molecule has 0 rings (SSSR count). The maximum absolute atomic E-state index is 13.0. The van der Waals surface area contributed by atoms with Crippen molar-refractivity contribution in [1.29, 1.82) is 10.5 Å². The third-order valence-electron chi connectivity index (χ3n) is 3.51. The molecule has 0 aliphatic rings. The van der Waals surface area contributed by atoms with E-state index in [0.29, 0.717) is 12.8 Å². The summed E-state index contributed by atoms with van der Waals surface area (Å²) in [6.45, 7) is 0. The highest BCUT2D eigenvalue weighted by atomic mass is 127. The van der Waals surface area contributed by atoms with E-state index in [1.807, 2.05) is 12.1 Å². The first kappa shape index (κ1) is 35.5. The molecule has 0 aliphatic carbocycles. The van der Waals surface area contributed by atoms with Gasteiger partial charge in [-0.15, -0.1) is 0 Å². The molecule has 0 heterocycles. The Labute approximate surface area is 206 Å². The molecular weight excluding hydrogens is 754 g/mol. The minimum absolute atomic E-state index is 0.585. The lowest BCUT2D eigenvalue weighted by Crippen LogP contribution is -2.73. The second-order valence-corrected chi connectivity index (χ2v) is 8.67. The molecule has 0 radical (unpaired) electrons. The van der Waals surface area contributed by atoms with Crippen molar-refractivity contribution in [2.75, 3.05) is 0 Å². The van der Waals surface area contributed by atoms with Crippen molar-refractivity contribution in [3.8, 4) is 12.1 Å². The number of unbranched alkanes of at least 4 members (excludes halogenated alkanes) is 3. The van der Waals surface area contributed by atoms with Crippen LogP contribution in [0.25, 0.3) is 0 Å². The third-order valence-corrected chi connectivity index (χ3v) is 4.87. The summed E-state index contributed by atoms with van der Waals surface area (Å²) < 4.78 is 192. The number of nitriles is 2. The number of rotatable bonds is 10. The highest BCUT2D eigenvalue weighted by Gasteiger charge is 2.94. The first-order valence-electron chi connectivity index (χ1n) is 7.81. The van der Waals surface area contributed by atoms with Gasteiger partial charge < -0.3 is 0 Å². The molecule has 34 heavy (non-hydrogen) atoms. The molecule has 200 valence electrons. The third kappa shape index (κ3) is 6.35. The molecule has 0 aliphatic heterocycles. The van der Waals surface area contributed by atoms with Gasteiger partial charge >= 0.3 is 43.4 Å². The SMILES string of the molecule is FC(F)(I)C(F)(F)C(F)(F)C(F)(F)C(F)(F)C(F)(F)C(F)(F)C(F)(F)I.N#CCCCCC#N. The second kappa shape index (κ2) is 11.2. The van der Waals surface area contributed by atoms with Crippen LogP contribution in [-0.2, 0) is 0 Å². The number of nitrogens with zero attached hydrogens (tertiary/aromatic N) is 2. The Hall–Kier alpha value is -0.680. The predicted octanol–water partition coefficient (Wildman–Crippen LogP) is 8.45. The van der Waals surface area contributed by atoms with Crippen LogP contribution in [0.3, 0.4) is 0 Å². The first-order chi connectivity index (χ1) is 14.7. The molecule has 0 aromatic heterocycles. The molecule has 0 aromatic carbocycles. The lowest BCUT2D eigenvalue weighted by molar-refractivity contribution is -0.441. The first-order valence-corrected chi connectivity index (χ1v) is 9.96. The molecule has 0 saturated heterocycles. The maximum Gasteiger partial charge on any atom is 0.387 e. The van der Waals surface area contributed by atoms with Gasteiger partial charge in [0.2, 0.25) is 0 Å². The van der Waals surface area contributed by atoms with E-state index >= 15 is 0 Å².